The van der Waals surface area contributed by atoms with Gasteiger partial charge in [-0.25, -0.2) is 0 Å². The monoisotopic (exact) mass is 758 g/mol. The molecule has 2 heterocycles. The van der Waals surface area contributed by atoms with E-state index in [4.69, 9.17) is 0 Å². The van der Waals surface area contributed by atoms with E-state index in [1.165, 1.54) is 80.8 Å². The van der Waals surface area contributed by atoms with Crippen molar-refractivity contribution in [2.24, 2.45) is 0 Å². The zero-order chi connectivity index (χ0) is 35.4. The van der Waals surface area contributed by atoms with Crippen molar-refractivity contribution in [1.29, 1.82) is 0 Å². The summed E-state index contributed by atoms with van der Waals surface area (Å²) in [7, 11) is 0. The number of hydrogen-bond acceptors (Lipinski definition) is 0. The maximum atomic E-state index is 2.51. The fraction of sp³-hybridized carbons (Fsp3) is 0.348. The van der Waals surface area contributed by atoms with Crippen LogP contribution in [-0.4, -0.2) is 9.13 Å². The molecule has 252 valence electrons. The highest BCUT2D eigenvalue weighted by atomic mass is 127. The lowest BCUT2D eigenvalue weighted by atomic mass is 9.85. The summed E-state index contributed by atoms with van der Waals surface area (Å²) in [4.78, 5) is 0. The third-order valence-electron chi connectivity index (χ3n) is 10.4. The number of aromatic nitrogens is 2. The number of benzene rings is 5. The number of nitrogens with zero attached hydrogens (tertiary/aromatic N) is 2. The van der Waals surface area contributed by atoms with Crippen LogP contribution in [0.4, 0.5) is 0 Å². The highest BCUT2D eigenvalue weighted by Gasteiger charge is 2.24. The molecule has 0 atom stereocenters. The van der Waals surface area contributed by atoms with Crippen LogP contribution in [-0.2, 0) is 21.7 Å². The van der Waals surface area contributed by atoms with Crippen LogP contribution >= 0.6 is 22.6 Å². The van der Waals surface area contributed by atoms with E-state index in [0.717, 1.165) is 0 Å². The van der Waals surface area contributed by atoms with E-state index >= 15 is 0 Å². The molecule has 0 amide bonds. The Morgan fingerprint density at radius 2 is 0.592 bits per heavy atom. The summed E-state index contributed by atoms with van der Waals surface area (Å²) in [5.41, 5.74) is 13.0. The first-order valence-electron chi connectivity index (χ1n) is 17.7. The third-order valence-corrected chi connectivity index (χ3v) is 11.0. The molecule has 0 aliphatic rings. The summed E-state index contributed by atoms with van der Waals surface area (Å²) >= 11 is 2.51. The lowest BCUT2D eigenvalue weighted by Crippen LogP contribution is -2.10. The number of hydrogen-bond donors (Lipinski definition) is 0. The molecule has 0 fully saturated rings. The molecule has 0 aliphatic heterocycles. The molecule has 49 heavy (non-hydrogen) atoms. The van der Waals surface area contributed by atoms with Gasteiger partial charge in [-0.3, -0.25) is 0 Å². The Morgan fingerprint density at radius 1 is 0.347 bits per heavy atom. The van der Waals surface area contributed by atoms with Crippen LogP contribution in [0.5, 0.6) is 0 Å². The van der Waals surface area contributed by atoms with Crippen LogP contribution in [0.15, 0.2) is 91.0 Å². The molecule has 2 aromatic heterocycles. The van der Waals surface area contributed by atoms with E-state index in [1.54, 1.807) is 0 Å². The number of fused-ring (bicyclic) bond motifs is 6. The van der Waals surface area contributed by atoms with Gasteiger partial charge in [-0.05, 0) is 133 Å². The molecule has 0 saturated carbocycles. The van der Waals surface area contributed by atoms with Crippen molar-refractivity contribution >= 4 is 66.2 Å². The molecule has 0 bridgehead atoms. The van der Waals surface area contributed by atoms with Gasteiger partial charge in [-0.15, -0.1) is 0 Å². The molecular formula is C46H51IN2. The van der Waals surface area contributed by atoms with Crippen molar-refractivity contribution < 1.29 is 0 Å². The van der Waals surface area contributed by atoms with Gasteiger partial charge in [-0.1, -0.05) is 107 Å². The van der Waals surface area contributed by atoms with E-state index in [0.29, 0.717) is 0 Å². The van der Waals surface area contributed by atoms with Gasteiger partial charge in [0.2, 0.25) is 0 Å². The average Bonchev–Trinajstić information content (AvgIpc) is 3.50. The Bertz CT molecular complexity index is 2110. The van der Waals surface area contributed by atoms with Crippen molar-refractivity contribution in [2.75, 3.05) is 0 Å². The van der Waals surface area contributed by atoms with Gasteiger partial charge < -0.3 is 9.13 Å². The predicted molar refractivity (Wildman–Crippen MR) is 223 cm³/mol. The molecule has 0 spiro atoms. The van der Waals surface area contributed by atoms with Crippen molar-refractivity contribution in [3.05, 3.63) is 117 Å². The Balaban J connectivity index is 1.54. The molecule has 0 unspecified atom stereocenters. The van der Waals surface area contributed by atoms with E-state index < -0.39 is 0 Å². The normalized spacial score (nSPS) is 13.4. The first-order chi connectivity index (χ1) is 22.7. The standard InChI is InChI=1S/C46H51IN2/c1-43(2,3)28-13-17-39-35(21-28)36-22-29(44(4,5)6)14-18-40(36)48(39)33-25-32(47)26-34(27-33)49-41-19-15-30(45(7,8)9)23-37(41)38-24-31(46(10,11)12)16-20-42(38)49/h13-27H,1-12H3. The summed E-state index contributed by atoms with van der Waals surface area (Å²) in [6, 6.07) is 35.5. The maximum Gasteiger partial charge on any atom is 0.0541 e. The van der Waals surface area contributed by atoms with Gasteiger partial charge >= 0.3 is 0 Å². The Labute approximate surface area is 306 Å². The summed E-state index contributed by atoms with van der Waals surface area (Å²) in [6.45, 7) is 27.7. The molecule has 0 saturated heterocycles. The Hall–Kier alpha value is -3.57. The topological polar surface area (TPSA) is 9.86 Å². The fourth-order valence-electron chi connectivity index (χ4n) is 7.29. The Morgan fingerprint density at radius 3 is 0.816 bits per heavy atom. The summed E-state index contributed by atoms with van der Waals surface area (Å²) < 4.78 is 6.18. The van der Waals surface area contributed by atoms with Crippen LogP contribution in [0.3, 0.4) is 0 Å². The Kier molecular flexibility index (Phi) is 7.76. The highest BCUT2D eigenvalue weighted by molar-refractivity contribution is 14.1. The van der Waals surface area contributed by atoms with E-state index in [9.17, 15) is 0 Å². The second-order valence-electron chi connectivity index (χ2n) is 18.3. The van der Waals surface area contributed by atoms with Gasteiger partial charge in [0, 0.05) is 36.5 Å². The van der Waals surface area contributed by atoms with Crippen LogP contribution in [0.1, 0.15) is 105 Å². The van der Waals surface area contributed by atoms with Gasteiger partial charge in [0.15, 0.2) is 0 Å². The summed E-state index contributed by atoms with van der Waals surface area (Å²) in [5.74, 6) is 0. The quantitative estimate of drug-likeness (QED) is 0.155. The highest BCUT2D eigenvalue weighted by Crippen LogP contribution is 2.41. The SMILES string of the molecule is CC(C)(C)c1ccc2c(c1)c1cc(C(C)(C)C)ccc1n2-c1cc(I)cc(-n2c3ccc(C(C)(C)C)cc3c3cc(C(C)(C)C)ccc32)c1. The largest absolute Gasteiger partial charge is 0.309 e. The van der Waals surface area contributed by atoms with Gasteiger partial charge in [0.05, 0.1) is 22.1 Å². The lowest BCUT2D eigenvalue weighted by molar-refractivity contribution is 0.590. The molecule has 0 aliphatic carbocycles. The minimum atomic E-state index is 0.0653. The predicted octanol–water partition coefficient (Wildman–Crippen LogP) is 13.7. The van der Waals surface area contributed by atoms with Crippen LogP contribution in [0, 0.1) is 3.57 Å². The molecule has 7 rings (SSSR count). The van der Waals surface area contributed by atoms with Crippen LogP contribution in [0.2, 0.25) is 0 Å². The molecule has 5 aromatic carbocycles. The maximum absolute atomic E-state index is 2.51. The molecular weight excluding hydrogens is 707 g/mol. The zero-order valence-electron chi connectivity index (χ0n) is 31.4. The zero-order valence-corrected chi connectivity index (χ0v) is 33.6. The van der Waals surface area contributed by atoms with Gasteiger partial charge in [0.1, 0.15) is 0 Å². The first-order valence-corrected chi connectivity index (χ1v) is 18.8. The van der Waals surface area contributed by atoms with E-state index in [-0.39, 0.29) is 21.7 Å². The van der Waals surface area contributed by atoms with Crippen molar-refractivity contribution in [3.63, 3.8) is 0 Å². The minimum absolute atomic E-state index is 0.0653. The first kappa shape index (κ1) is 33.9. The van der Waals surface area contributed by atoms with Crippen molar-refractivity contribution in [2.45, 2.75) is 105 Å². The third kappa shape index (κ3) is 5.90. The summed E-state index contributed by atoms with van der Waals surface area (Å²) in [5, 5.41) is 5.26. The lowest BCUT2D eigenvalue weighted by Gasteiger charge is -2.19. The second-order valence-corrected chi connectivity index (χ2v) is 19.5. The number of rotatable bonds is 2. The fourth-order valence-corrected chi connectivity index (χ4v) is 7.92. The van der Waals surface area contributed by atoms with Gasteiger partial charge in [-0.2, -0.15) is 0 Å². The van der Waals surface area contributed by atoms with E-state index in [2.05, 4.69) is 206 Å². The number of halogens is 1. The van der Waals surface area contributed by atoms with Gasteiger partial charge in [0.25, 0.3) is 0 Å². The molecule has 7 aromatic rings. The average molecular weight is 759 g/mol. The molecule has 0 radical (unpaired) electrons. The molecule has 2 nitrogen and oxygen atoms in total. The van der Waals surface area contributed by atoms with Crippen molar-refractivity contribution in [3.8, 4) is 11.4 Å². The van der Waals surface area contributed by atoms with Crippen molar-refractivity contribution in [1.82, 2.24) is 9.13 Å². The second kappa shape index (κ2) is 11.2. The summed E-state index contributed by atoms with van der Waals surface area (Å²) in [6.07, 6.45) is 0. The van der Waals surface area contributed by atoms with Crippen LogP contribution < -0.4 is 0 Å². The molecule has 3 heteroatoms. The minimum Gasteiger partial charge on any atom is -0.309 e. The smallest absolute Gasteiger partial charge is 0.0541 e. The van der Waals surface area contributed by atoms with Crippen LogP contribution in [0.25, 0.3) is 55.0 Å². The van der Waals surface area contributed by atoms with E-state index in [1.807, 2.05) is 0 Å². The molecule has 0 N–H and O–H groups in total.